The molecule has 1 heterocycles. The van der Waals surface area contributed by atoms with Gasteiger partial charge >= 0.3 is 6.18 Å². The molecule has 7 nitrogen and oxygen atoms in total. The quantitative estimate of drug-likeness (QED) is 0.702. The minimum atomic E-state index is -4.78. The van der Waals surface area contributed by atoms with Crippen LogP contribution in [0.4, 0.5) is 18.9 Å². The number of nitrogens with one attached hydrogen (secondary N) is 1. The van der Waals surface area contributed by atoms with Crippen LogP contribution in [0, 0.1) is 6.92 Å². The smallest absolute Gasteiger partial charge is 0.280 e. The Labute approximate surface area is 156 Å². The van der Waals surface area contributed by atoms with Crippen LogP contribution in [0.15, 0.2) is 47.4 Å². The first-order chi connectivity index (χ1) is 12.6. The van der Waals surface area contributed by atoms with Crippen LogP contribution in [0.3, 0.4) is 0 Å². The van der Waals surface area contributed by atoms with Crippen LogP contribution >= 0.6 is 11.6 Å². The molecule has 12 heteroatoms. The number of aromatic nitrogens is 4. The van der Waals surface area contributed by atoms with Crippen LogP contribution in [-0.4, -0.2) is 28.6 Å². The van der Waals surface area contributed by atoms with E-state index in [-0.39, 0.29) is 5.69 Å². The molecule has 2 aromatic carbocycles. The van der Waals surface area contributed by atoms with Gasteiger partial charge in [0.05, 0.1) is 26.9 Å². The summed E-state index contributed by atoms with van der Waals surface area (Å²) in [4.78, 5) is -0.566. The third-order valence-corrected chi connectivity index (χ3v) is 5.23. The van der Waals surface area contributed by atoms with E-state index in [1.165, 1.54) is 16.8 Å². The first-order valence-corrected chi connectivity index (χ1v) is 9.19. The number of tetrazole rings is 1. The minimum absolute atomic E-state index is 0.130. The SMILES string of the molecule is Cc1nnnn1-c1cccc(NS(=O)(=O)c2ccc(Cl)c(C(F)(F)F)c2)c1. The predicted octanol–water partition coefficient (Wildman–Crippen LogP) is 3.44. The van der Waals surface area contributed by atoms with Crippen molar-refractivity contribution in [1.82, 2.24) is 20.2 Å². The summed E-state index contributed by atoms with van der Waals surface area (Å²) in [5.74, 6) is 0.475. The zero-order valence-corrected chi connectivity index (χ0v) is 15.1. The summed E-state index contributed by atoms with van der Waals surface area (Å²) in [6, 6.07) is 8.46. The third-order valence-electron chi connectivity index (χ3n) is 3.52. The molecule has 0 amide bonds. The van der Waals surface area contributed by atoms with Crippen LogP contribution in [0.25, 0.3) is 5.69 Å². The maximum Gasteiger partial charge on any atom is 0.417 e. The molecule has 142 valence electrons. The average molecular weight is 418 g/mol. The Morgan fingerprint density at radius 3 is 2.52 bits per heavy atom. The average Bonchev–Trinajstić information content (AvgIpc) is 3.00. The lowest BCUT2D eigenvalue weighted by atomic mass is 10.2. The molecule has 0 fully saturated rings. The number of benzene rings is 2. The number of halogens is 4. The highest BCUT2D eigenvalue weighted by atomic mass is 35.5. The van der Waals surface area contributed by atoms with Crippen molar-refractivity contribution in [2.24, 2.45) is 0 Å². The molecule has 0 radical (unpaired) electrons. The van der Waals surface area contributed by atoms with Gasteiger partial charge in [-0.2, -0.15) is 17.9 Å². The minimum Gasteiger partial charge on any atom is -0.280 e. The fraction of sp³-hybridized carbons (Fsp3) is 0.133. The molecule has 0 unspecified atom stereocenters. The lowest BCUT2D eigenvalue weighted by molar-refractivity contribution is -0.137. The highest BCUT2D eigenvalue weighted by Gasteiger charge is 2.34. The van der Waals surface area contributed by atoms with Gasteiger partial charge in [-0.3, -0.25) is 4.72 Å². The fourth-order valence-electron chi connectivity index (χ4n) is 2.27. The molecule has 0 atom stereocenters. The third kappa shape index (κ3) is 4.03. The van der Waals surface area contributed by atoms with Gasteiger partial charge < -0.3 is 0 Å². The summed E-state index contributed by atoms with van der Waals surface area (Å²) < 4.78 is 67.5. The maximum absolute atomic E-state index is 13.0. The van der Waals surface area contributed by atoms with Gasteiger partial charge in [0.1, 0.15) is 0 Å². The van der Waals surface area contributed by atoms with Gasteiger partial charge in [-0.25, -0.2) is 8.42 Å². The lowest BCUT2D eigenvalue weighted by Gasteiger charge is -2.13. The van der Waals surface area contributed by atoms with E-state index < -0.39 is 31.7 Å². The number of nitrogens with zero attached hydrogens (tertiary/aromatic N) is 4. The Morgan fingerprint density at radius 1 is 1.15 bits per heavy atom. The van der Waals surface area contributed by atoms with Crippen molar-refractivity contribution in [3.05, 3.63) is 58.9 Å². The van der Waals surface area contributed by atoms with Crippen molar-refractivity contribution in [3.63, 3.8) is 0 Å². The first kappa shape index (κ1) is 19.1. The molecular weight excluding hydrogens is 407 g/mol. The van der Waals surface area contributed by atoms with Crippen LogP contribution in [0.1, 0.15) is 11.4 Å². The predicted molar refractivity (Wildman–Crippen MR) is 91.2 cm³/mol. The normalized spacial score (nSPS) is 12.2. The van der Waals surface area contributed by atoms with Gasteiger partial charge in [-0.1, -0.05) is 17.7 Å². The highest BCUT2D eigenvalue weighted by Crippen LogP contribution is 2.36. The number of alkyl halides is 3. The number of anilines is 1. The van der Waals surface area contributed by atoms with E-state index >= 15 is 0 Å². The molecule has 27 heavy (non-hydrogen) atoms. The standard InChI is InChI=1S/C15H11ClF3N5O2S/c1-9-20-22-23-24(9)11-4-2-3-10(7-11)21-27(25,26)12-5-6-14(16)13(8-12)15(17,18)19/h2-8,21H,1H3. The van der Waals surface area contributed by atoms with Gasteiger partial charge in [-0.05, 0) is 53.7 Å². The molecule has 3 rings (SSSR count). The maximum atomic E-state index is 13.0. The van der Waals surface area contributed by atoms with Gasteiger partial charge in [0, 0.05) is 0 Å². The van der Waals surface area contributed by atoms with Crippen molar-refractivity contribution in [2.75, 3.05) is 4.72 Å². The van der Waals surface area contributed by atoms with Gasteiger partial charge in [0.2, 0.25) is 0 Å². The van der Waals surface area contributed by atoms with E-state index in [1.807, 2.05) is 0 Å². The monoisotopic (exact) mass is 417 g/mol. The Balaban J connectivity index is 1.95. The zero-order valence-electron chi connectivity index (χ0n) is 13.6. The molecule has 0 aliphatic rings. The molecule has 0 aliphatic carbocycles. The molecule has 3 aromatic rings. The van der Waals surface area contributed by atoms with E-state index in [9.17, 15) is 21.6 Å². The molecular formula is C15H11ClF3N5O2S. The number of rotatable bonds is 4. The van der Waals surface area contributed by atoms with Crippen LogP contribution in [0.2, 0.25) is 5.02 Å². The zero-order chi connectivity index (χ0) is 19.8. The van der Waals surface area contributed by atoms with E-state index in [1.54, 1.807) is 19.1 Å². The summed E-state index contributed by atoms with van der Waals surface area (Å²) in [5, 5.41) is 10.4. The van der Waals surface area contributed by atoms with E-state index in [2.05, 4.69) is 20.2 Å². The Hall–Kier alpha value is -2.66. The van der Waals surface area contributed by atoms with Crippen molar-refractivity contribution in [3.8, 4) is 5.69 Å². The number of aryl methyl sites for hydroxylation is 1. The fourth-order valence-corrected chi connectivity index (χ4v) is 3.57. The number of hydrogen-bond acceptors (Lipinski definition) is 5. The van der Waals surface area contributed by atoms with Crippen LogP contribution in [0.5, 0.6) is 0 Å². The Kier molecular flexibility index (Phi) is 4.82. The molecule has 1 N–H and O–H groups in total. The Morgan fingerprint density at radius 2 is 1.89 bits per heavy atom. The molecule has 0 bridgehead atoms. The van der Waals surface area contributed by atoms with Gasteiger partial charge in [0.15, 0.2) is 5.82 Å². The largest absolute Gasteiger partial charge is 0.417 e. The number of hydrogen-bond donors (Lipinski definition) is 1. The summed E-state index contributed by atoms with van der Waals surface area (Å²) in [6.07, 6.45) is -4.78. The van der Waals surface area contributed by atoms with Crippen molar-refractivity contribution in [1.29, 1.82) is 0 Å². The van der Waals surface area contributed by atoms with Crippen molar-refractivity contribution in [2.45, 2.75) is 18.0 Å². The first-order valence-electron chi connectivity index (χ1n) is 7.33. The molecule has 0 spiro atoms. The van der Waals surface area contributed by atoms with Crippen molar-refractivity contribution < 1.29 is 21.6 Å². The molecule has 0 aliphatic heterocycles. The van der Waals surface area contributed by atoms with E-state index in [4.69, 9.17) is 11.6 Å². The highest BCUT2D eigenvalue weighted by molar-refractivity contribution is 7.92. The second-order valence-electron chi connectivity index (χ2n) is 5.43. The van der Waals surface area contributed by atoms with Gasteiger partial charge in [-0.15, -0.1) is 5.10 Å². The summed E-state index contributed by atoms with van der Waals surface area (Å²) in [7, 11) is -4.28. The summed E-state index contributed by atoms with van der Waals surface area (Å²) in [6.45, 7) is 1.66. The van der Waals surface area contributed by atoms with Crippen molar-refractivity contribution >= 4 is 27.3 Å². The van der Waals surface area contributed by atoms with E-state index in [0.717, 1.165) is 12.1 Å². The van der Waals surface area contributed by atoms with Crippen LogP contribution in [-0.2, 0) is 16.2 Å². The second kappa shape index (κ2) is 6.82. The van der Waals surface area contributed by atoms with Gasteiger partial charge in [0.25, 0.3) is 10.0 Å². The summed E-state index contributed by atoms with van der Waals surface area (Å²) in [5.41, 5.74) is -0.624. The molecule has 0 saturated heterocycles. The second-order valence-corrected chi connectivity index (χ2v) is 7.52. The summed E-state index contributed by atoms with van der Waals surface area (Å²) >= 11 is 5.53. The number of sulfonamides is 1. The Bertz CT molecular complexity index is 1100. The molecule has 1 aromatic heterocycles. The molecule has 0 saturated carbocycles. The van der Waals surface area contributed by atoms with Crippen LogP contribution < -0.4 is 4.72 Å². The topological polar surface area (TPSA) is 89.8 Å². The lowest BCUT2D eigenvalue weighted by Crippen LogP contribution is -2.15. The van der Waals surface area contributed by atoms with E-state index in [0.29, 0.717) is 17.6 Å².